The Morgan fingerprint density at radius 3 is 2.56 bits per heavy atom. The highest BCUT2D eigenvalue weighted by atomic mass is 19.4. The molecular formula is C24H16F5N5O2. The van der Waals surface area contributed by atoms with Crippen LogP contribution in [0, 0.1) is 25.5 Å². The number of nitrogens with zero attached hydrogens (tertiary/aromatic N) is 3. The first-order chi connectivity index (χ1) is 16.9. The molecule has 2 amide bonds. The Bertz CT molecular complexity index is 1580. The van der Waals surface area contributed by atoms with Crippen LogP contribution in [0.5, 0.6) is 0 Å². The van der Waals surface area contributed by atoms with Crippen LogP contribution in [0.4, 0.5) is 27.6 Å². The van der Waals surface area contributed by atoms with Gasteiger partial charge in [-0.1, -0.05) is 6.07 Å². The van der Waals surface area contributed by atoms with E-state index < -0.39 is 46.8 Å². The third-order valence-corrected chi connectivity index (χ3v) is 5.85. The van der Waals surface area contributed by atoms with Gasteiger partial charge in [-0.25, -0.2) is 18.3 Å². The average molecular weight is 501 g/mol. The Labute approximate surface area is 200 Å². The number of carbonyl (C=O) groups is 2. The van der Waals surface area contributed by atoms with Crippen LogP contribution in [-0.2, 0) is 6.18 Å². The van der Waals surface area contributed by atoms with Crippen LogP contribution < -0.4 is 10.6 Å². The van der Waals surface area contributed by atoms with E-state index in [0.717, 1.165) is 0 Å². The molecule has 5 rings (SSSR count). The first-order valence-corrected chi connectivity index (χ1v) is 10.6. The number of hydrogen-bond donors (Lipinski definition) is 2. The second-order valence-corrected chi connectivity index (χ2v) is 8.35. The molecule has 3 heterocycles. The largest absolute Gasteiger partial charge is 0.416 e. The second kappa shape index (κ2) is 8.11. The van der Waals surface area contributed by atoms with Gasteiger partial charge < -0.3 is 10.6 Å². The third-order valence-electron chi connectivity index (χ3n) is 5.85. The Hall–Kier alpha value is -4.35. The Morgan fingerprint density at radius 2 is 1.83 bits per heavy atom. The Balaban J connectivity index is 1.67. The number of hydrogen-bond acceptors (Lipinski definition) is 4. The quantitative estimate of drug-likeness (QED) is 0.398. The van der Waals surface area contributed by atoms with Gasteiger partial charge in [-0.3, -0.25) is 9.59 Å². The van der Waals surface area contributed by atoms with Gasteiger partial charge in [0.15, 0.2) is 5.65 Å². The highest BCUT2D eigenvalue weighted by Gasteiger charge is 2.37. The van der Waals surface area contributed by atoms with Crippen molar-refractivity contribution in [1.82, 2.24) is 19.9 Å². The molecular weight excluding hydrogens is 485 g/mol. The zero-order chi connectivity index (χ0) is 25.9. The minimum atomic E-state index is -4.87. The van der Waals surface area contributed by atoms with E-state index in [1.165, 1.54) is 28.9 Å². The predicted molar refractivity (Wildman–Crippen MR) is 118 cm³/mol. The summed E-state index contributed by atoms with van der Waals surface area (Å²) >= 11 is 0. The number of amides is 2. The highest BCUT2D eigenvalue weighted by molar-refractivity contribution is 6.10. The van der Waals surface area contributed by atoms with Gasteiger partial charge in [0.25, 0.3) is 11.8 Å². The third kappa shape index (κ3) is 3.93. The average Bonchev–Trinajstić information content (AvgIpc) is 3.33. The molecule has 0 saturated heterocycles. The molecule has 0 radical (unpaired) electrons. The fourth-order valence-electron chi connectivity index (χ4n) is 4.27. The van der Waals surface area contributed by atoms with Crippen LogP contribution in [0.15, 0.2) is 42.6 Å². The normalized spacial score (nSPS) is 15.2. The van der Waals surface area contributed by atoms with Gasteiger partial charge in [0.05, 0.1) is 29.1 Å². The van der Waals surface area contributed by atoms with Crippen molar-refractivity contribution < 1.29 is 31.5 Å². The molecule has 0 bridgehead atoms. The lowest BCUT2D eigenvalue weighted by Crippen LogP contribution is -2.21. The SMILES string of the molecule is Cc1nc2c3c(c(NC(=O)c4cc(F)cc(C(F)(F)F)c4)cn2n1)C(c1cc(F)ccc1C)NC3=O. The number of benzene rings is 2. The summed E-state index contributed by atoms with van der Waals surface area (Å²) in [7, 11) is 0. The van der Waals surface area contributed by atoms with Crippen LogP contribution in [0.25, 0.3) is 5.65 Å². The van der Waals surface area contributed by atoms with Crippen molar-refractivity contribution in [3.8, 4) is 0 Å². The highest BCUT2D eigenvalue weighted by Crippen LogP contribution is 2.39. The van der Waals surface area contributed by atoms with Gasteiger partial charge in [0.2, 0.25) is 0 Å². The molecule has 12 heteroatoms. The summed E-state index contributed by atoms with van der Waals surface area (Å²) in [5, 5.41) is 9.38. The fraction of sp³-hybridized carbons (Fsp3) is 0.167. The number of halogens is 5. The molecule has 7 nitrogen and oxygen atoms in total. The maximum Gasteiger partial charge on any atom is 0.416 e. The molecule has 4 aromatic rings. The maximum absolute atomic E-state index is 14.1. The minimum Gasteiger partial charge on any atom is -0.341 e. The van der Waals surface area contributed by atoms with Crippen molar-refractivity contribution in [2.24, 2.45) is 0 Å². The predicted octanol–water partition coefficient (Wildman–Crippen LogP) is 4.73. The Kier molecular flexibility index (Phi) is 5.27. The molecule has 2 aromatic carbocycles. The van der Waals surface area contributed by atoms with Crippen LogP contribution in [0.3, 0.4) is 0 Å². The monoisotopic (exact) mass is 501 g/mol. The van der Waals surface area contributed by atoms with E-state index in [-0.39, 0.29) is 28.5 Å². The topological polar surface area (TPSA) is 88.4 Å². The first kappa shape index (κ1) is 23.4. The van der Waals surface area contributed by atoms with Crippen LogP contribution in [0.1, 0.15) is 54.8 Å². The number of aryl methyl sites for hydroxylation is 2. The molecule has 0 saturated carbocycles. The van der Waals surface area contributed by atoms with Gasteiger partial charge in [0.1, 0.15) is 17.5 Å². The summed E-state index contributed by atoms with van der Waals surface area (Å²) in [5.41, 5.74) is -0.372. The van der Waals surface area contributed by atoms with Gasteiger partial charge in [-0.05, 0) is 55.3 Å². The van der Waals surface area contributed by atoms with E-state index in [1.54, 1.807) is 13.8 Å². The summed E-state index contributed by atoms with van der Waals surface area (Å²) in [6.45, 7) is 3.30. The lowest BCUT2D eigenvalue weighted by molar-refractivity contribution is -0.137. The number of alkyl halides is 3. The van der Waals surface area contributed by atoms with Crippen LogP contribution in [-0.4, -0.2) is 26.4 Å². The summed E-state index contributed by atoms with van der Waals surface area (Å²) in [6.07, 6.45) is -3.52. The zero-order valence-electron chi connectivity index (χ0n) is 18.7. The van der Waals surface area contributed by atoms with Gasteiger partial charge in [0, 0.05) is 11.1 Å². The van der Waals surface area contributed by atoms with E-state index in [9.17, 15) is 31.5 Å². The summed E-state index contributed by atoms with van der Waals surface area (Å²) in [6, 6.07) is 4.59. The van der Waals surface area contributed by atoms with Gasteiger partial charge in [-0.15, -0.1) is 0 Å². The van der Waals surface area contributed by atoms with Crippen molar-refractivity contribution in [3.05, 3.63) is 93.4 Å². The number of anilines is 1. The van der Waals surface area contributed by atoms with E-state index >= 15 is 0 Å². The van der Waals surface area contributed by atoms with E-state index in [2.05, 4.69) is 20.7 Å². The van der Waals surface area contributed by atoms with Crippen LogP contribution >= 0.6 is 0 Å². The van der Waals surface area contributed by atoms with E-state index in [1.807, 2.05) is 0 Å². The standard InChI is InChI=1S/C24H16F5N5O2/c1-10-3-4-14(25)8-16(10)20-18-17(9-34-21(30-11(2)33-34)19(18)23(36)32-20)31-22(35)12-5-13(24(27,28)29)7-15(26)6-12/h3-9,20H,1-2H3,(H,31,35)(H,32,36). The number of carbonyl (C=O) groups excluding carboxylic acids is 2. The molecule has 0 fully saturated rings. The molecule has 1 aliphatic heterocycles. The van der Waals surface area contributed by atoms with Crippen LogP contribution in [0.2, 0.25) is 0 Å². The summed E-state index contributed by atoms with van der Waals surface area (Å²) in [4.78, 5) is 30.2. The summed E-state index contributed by atoms with van der Waals surface area (Å²) in [5.74, 6) is -3.08. The maximum atomic E-state index is 14.1. The van der Waals surface area contributed by atoms with Crippen molar-refractivity contribution >= 4 is 23.1 Å². The van der Waals surface area contributed by atoms with Gasteiger partial charge >= 0.3 is 6.18 Å². The molecule has 2 aromatic heterocycles. The number of rotatable bonds is 3. The molecule has 1 unspecified atom stereocenters. The molecule has 184 valence electrons. The fourth-order valence-corrected chi connectivity index (χ4v) is 4.27. The molecule has 1 atom stereocenters. The smallest absolute Gasteiger partial charge is 0.341 e. The number of aromatic nitrogens is 3. The van der Waals surface area contributed by atoms with E-state index in [4.69, 9.17) is 0 Å². The van der Waals surface area contributed by atoms with Gasteiger partial charge in [-0.2, -0.15) is 18.3 Å². The van der Waals surface area contributed by atoms with Crippen molar-refractivity contribution in [2.45, 2.75) is 26.1 Å². The lowest BCUT2D eigenvalue weighted by Gasteiger charge is -2.19. The summed E-state index contributed by atoms with van der Waals surface area (Å²) < 4.78 is 68.7. The number of fused-ring (bicyclic) bond motifs is 3. The number of pyridine rings is 1. The molecule has 0 aliphatic carbocycles. The lowest BCUT2D eigenvalue weighted by atomic mass is 9.94. The molecule has 1 aliphatic rings. The zero-order valence-corrected chi connectivity index (χ0v) is 18.7. The van der Waals surface area contributed by atoms with E-state index in [0.29, 0.717) is 29.1 Å². The second-order valence-electron chi connectivity index (χ2n) is 8.35. The van der Waals surface area contributed by atoms with Crippen molar-refractivity contribution in [1.29, 1.82) is 0 Å². The first-order valence-electron chi connectivity index (χ1n) is 10.6. The minimum absolute atomic E-state index is 0.0113. The molecule has 0 spiro atoms. The molecule has 36 heavy (non-hydrogen) atoms. The molecule has 2 N–H and O–H groups in total. The number of nitrogens with one attached hydrogen (secondary N) is 2. The Morgan fingerprint density at radius 1 is 1.08 bits per heavy atom. The van der Waals surface area contributed by atoms with Crippen molar-refractivity contribution in [2.75, 3.05) is 5.32 Å². The van der Waals surface area contributed by atoms with Crippen molar-refractivity contribution in [3.63, 3.8) is 0 Å².